The van der Waals surface area contributed by atoms with Gasteiger partial charge in [0.2, 0.25) is 5.91 Å². The van der Waals surface area contributed by atoms with Crippen molar-refractivity contribution < 1.29 is 19.1 Å². The van der Waals surface area contributed by atoms with E-state index in [9.17, 15) is 14.4 Å². The van der Waals surface area contributed by atoms with Crippen LogP contribution in [0, 0.1) is 0 Å². The molecule has 1 aromatic heterocycles. The van der Waals surface area contributed by atoms with Gasteiger partial charge in [-0.1, -0.05) is 0 Å². The Morgan fingerprint density at radius 2 is 2.05 bits per heavy atom. The van der Waals surface area contributed by atoms with Gasteiger partial charge in [0.25, 0.3) is 5.91 Å². The number of hydrogen-bond acceptors (Lipinski definition) is 5. The quantitative estimate of drug-likeness (QED) is 0.773. The minimum absolute atomic E-state index is 0.142. The lowest BCUT2D eigenvalue weighted by molar-refractivity contribution is -0.142. The molecule has 1 aromatic rings. The highest BCUT2D eigenvalue weighted by atomic mass is 32.1. The smallest absolute Gasteiger partial charge is 0.307 e. The van der Waals surface area contributed by atoms with Crippen LogP contribution in [0.3, 0.4) is 0 Å². The summed E-state index contributed by atoms with van der Waals surface area (Å²) in [4.78, 5) is 34.1. The van der Waals surface area contributed by atoms with E-state index in [0.29, 0.717) is 16.5 Å². The Morgan fingerprint density at radius 3 is 2.68 bits per heavy atom. The van der Waals surface area contributed by atoms with E-state index < -0.39 is 0 Å². The van der Waals surface area contributed by atoms with Crippen LogP contribution >= 0.6 is 11.3 Å². The number of carbonyl (C=O) groups is 3. The van der Waals surface area contributed by atoms with E-state index in [1.165, 1.54) is 18.3 Å². The first-order chi connectivity index (χ1) is 9.02. The largest absolute Gasteiger partial charge is 0.466 e. The Bertz CT molecular complexity index is 470. The summed E-state index contributed by atoms with van der Waals surface area (Å²) in [5.41, 5.74) is 0. The maximum atomic E-state index is 11.7. The lowest BCUT2D eigenvalue weighted by Gasteiger charge is -2.03. The molecule has 0 unspecified atom stereocenters. The van der Waals surface area contributed by atoms with Crippen LogP contribution in [0.1, 0.15) is 29.9 Å². The molecule has 6 nitrogen and oxygen atoms in total. The molecule has 0 saturated heterocycles. The van der Waals surface area contributed by atoms with Gasteiger partial charge < -0.3 is 15.4 Å². The number of rotatable bonds is 6. The van der Waals surface area contributed by atoms with Crippen LogP contribution in [0.4, 0.5) is 5.00 Å². The molecule has 19 heavy (non-hydrogen) atoms. The molecular formula is C12H16N2O4S. The van der Waals surface area contributed by atoms with E-state index in [1.807, 2.05) is 0 Å². The van der Waals surface area contributed by atoms with Gasteiger partial charge in [0.05, 0.1) is 22.9 Å². The number of hydrogen-bond donors (Lipinski definition) is 2. The summed E-state index contributed by atoms with van der Waals surface area (Å²) in [5.74, 6) is -0.796. The molecular weight excluding hydrogens is 268 g/mol. The van der Waals surface area contributed by atoms with Crippen molar-refractivity contribution in [3.63, 3.8) is 0 Å². The number of ether oxygens (including phenoxy) is 1. The zero-order chi connectivity index (χ0) is 14.3. The van der Waals surface area contributed by atoms with Gasteiger partial charge in [-0.15, -0.1) is 11.3 Å². The van der Waals surface area contributed by atoms with Crippen molar-refractivity contribution in [1.29, 1.82) is 0 Å². The highest BCUT2D eigenvalue weighted by molar-refractivity contribution is 7.18. The summed E-state index contributed by atoms with van der Waals surface area (Å²) in [7, 11) is 0. The fraction of sp³-hybridized carbons (Fsp3) is 0.417. The average molecular weight is 284 g/mol. The van der Waals surface area contributed by atoms with Crippen molar-refractivity contribution in [2.24, 2.45) is 0 Å². The molecule has 0 atom stereocenters. The van der Waals surface area contributed by atoms with Crippen molar-refractivity contribution in [1.82, 2.24) is 5.32 Å². The molecule has 1 rings (SSSR count). The fourth-order valence-electron chi connectivity index (χ4n) is 1.30. The SMILES string of the molecule is CCOC(=O)CCNC(=O)c1ccc(NC(C)=O)s1. The molecule has 0 bridgehead atoms. The third kappa shape index (κ3) is 5.52. The first-order valence-electron chi connectivity index (χ1n) is 5.84. The molecule has 0 spiro atoms. The Hall–Kier alpha value is -1.89. The monoisotopic (exact) mass is 284 g/mol. The van der Waals surface area contributed by atoms with Gasteiger partial charge in [-0.3, -0.25) is 14.4 Å². The van der Waals surface area contributed by atoms with E-state index in [1.54, 1.807) is 19.1 Å². The Balaban J connectivity index is 2.39. The summed E-state index contributed by atoms with van der Waals surface area (Å²) in [5, 5.41) is 5.82. The van der Waals surface area contributed by atoms with Crippen LogP contribution in [0.15, 0.2) is 12.1 Å². The van der Waals surface area contributed by atoms with Gasteiger partial charge in [-0.2, -0.15) is 0 Å². The zero-order valence-electron chi connectivity index (χ0n) is 10.8. The van der Waals surface area contributed by atoms with Gasteiger partial charge in [0.15, 0.2) is 0 Å². The molecule has 0 radical (unpaired) electrons. The molecule has 1 heterocycles. The second kappa shape index (κ2) is 7.52. The van der Waals surface area contributed by atoms with Crippen molar-refractivity contribution in [2.45, 2.75) is 20.3 Å². The van der Waals surface area contributed by atoms with E-state index >= 15 is 0 Å². The normalized spacial score (nSPS) is 9.79. The van der Waals surface area contributed by atoms with E-state index in [4.69, 9.17) is 4.74 Å². The second-order valence-electron chi connectivity index (χ2n) is 3.66. The Labute approximate surface area is 115 Å². The maximum Gasteiger partial charge on any atom is 0.307 e. The van der Waals surface area contributed by atoms with Gasteiger partial charge in [0, 0.05) is 13.5 Å². The molecule has 0 aliphatic heterocycles. The topological polar surface area (TPSA) is 84.5 Å². The predicted molar refractivity (Wildman–Crippen MR) is 72.2 cm³/mol. The lowest BCUT2D eigenvalue weighted by atomic mass is 10.4. The summed E-state index contributed by atoms with van der Waals surface area (Å²) in [6.07, 6.45) is 0.142. The third-order valence-electron chi connectivity index (χ3n) is 2.05. The molecule has 0 aromatic carbocycles. The molecule has 2 amide bonds. The van der Waals surface area contributed by atoms with Crippen molar-refractivity contribution in [3.8, 4) is 0 Å². The minimum atomic E-state index is -0.340. The van der Waals surface area contributed by atoms with Gasteiger partial charge in [-0.25, -0.2) is 0 Å². The Kier molecular flexibility index (Phi) is 6.01. The highest BCUT2D eigenvalue weighted by Gasteiger charge is 2.10. The summed E-state index contributed by atoms with van der Waals surface area (Å²) in [6, 6.07) is 3.28. The molecule has 0 fully saturated rings. The number of amides is 2. The van der Waals surface area contributed by atoms with Crippen molar-refractivity contribution >= 4 is 34.1 Å². The fourth-order valence-corrected chi connectivity index (χ4v) is 2.17. The van der Waals surface area contributed by atoms with Crippen LogP contribution in [0.5, 0.6) is 0 Å². The van der Waals surface area contributed by atoms with Crippen LogP contribution in [-0.2, 0) is 14.3 Å². The number of anilines is 1. The summed E-state index contributed by atoms with van der Waals surface area (Å²) in [6.45, 7) is 3.69. The van der Waals surface area contributed by atoms with Crippen LogP contribution in [-0.4, -0.2) is 30.9 Å². The molecule has 104 valence electrons. The zero-order valence-corrected chi connectivity index (χ0v) is 11.6. The number of thiophene rings is 1. The number of carbonyl (C=O) groups excluding carboxylic acids is 3. The molecule has 0 saturated carbocycles. The highest BCUT2D eigenvalue weighted by Crippen LogP contribution is 2.21. The van der Waals surface area contributed by atoms with E-state index in [0.717, 1.165) is 0 Å². The molecule has 0 aliphatic carbocycles. The maximum absolute atomic E-state index is 11.7. The van der Waals surface area contributed by atoms with Gasteiger partial charge in [-0.05, 0) is 19.1 Å². The second-order valence-corrected chi connectivity index (χ2v) is 4.74. The van der Waals surface area contributed by atoms with Crippen LogP contribution in [0.25, 0.3) is 0 Å². The van der Waals surface area contributed by atoms with Crippen molar-refractivity contribution in [3.05, 3.63) is 17.0 Å². The first kappa shape index (κ1) is 15.2. The summed E-state index contributed by atoms with van der Waals surface area (Å²) >= 11 is 1.18. The predicted octanol–water partition coefficient (Wildman–Crippen LogP) is 1.39. The first-order valence-corrected chi connectivity index (χ1v) is 6.65. The molecule has 0 aliphatic rings. The Morgan fingerprint density at radius 1 is 1.32 bits per heavy atom. The van der Waals surface area contributed by atoms with E-state index in [-0.39, 0.29) is 30.7 Å². The van der Waals surface area contributed by atoms with Crippen LogP contribution < -0.4 is 10.6 Å². The number of nitrogens with one attached hydrogen (secondary N) is 2. The van der Waals surface area contributed by atoms with Gasteiger partial charge >= 0.3 is 5.97 Å². The van der Waals surface area contributed by atoms with Crippen molar-refractivity contribution in [2.75, 3.05) is 18.5 Å². The lowest BCUT2D eigenvalue weighted by Crippen LogP contribution is -2.25. The minimum Gasteiger partial charge on any atom is -0.466 e. The molecule has 2 N–H and O–H groups in total. The molecule has 7 heteroatoms. The standard InChI is InChI=1S/C12H16N2O4S/c1-3-18-11(16)6-7-13-12(17)9-4-5-10(19-9)14-8(2)15/h4-5H,3,6-7H2,1-2H3,(H,13,17)(H,14,15). The van der Waals surface area contributed by atoms with Crippen LogP contribution in [0.2, 0.25) is 0 Å². The summed E-state index contributed by atoms with van der Waals surface area (Å²) < 4.78 is 4.74. The average Bonchev–Trinajstić information content (AvgIpc) is 2.77. The number of esters is 1. The third-order valence-corrected chi connectivity index (χ3v) is 3.05. The van der Waals surface area contributed by atoms with E-state index in [2.05, 4.69) is 10.6 Å². The van der Waals surface area contributed by atoms with Gasteiger partial charge in [0.1, 0.15) is 0 Å².